The lowest BCUT2D eigenvalue weighted by Crippen LogP contribution is -2.51. The topological polar surface area (TPSA) is 118 Å². The summed E-state index contributed by atoms with van der Waals surface area (Å²) in [5, 5.41) is 12.4. The van der Waals surface area contributed by atoms with Crippen LogP contribution in [0.5, 0.6) is 0 Å². The van der Waals surface area contributed by atoms with E-state index in [-0.39, 0.29) is 18.1 Å². The summed E-state index contributed by atoms with van der Waals surface area (Å²) >= 11 is 0. The van der Waals surface area contributed by atoms with Gasteiger partial charge in [0.2, 0.25) is 5.91 Å². The van der Waals surface area contributed by atoms with Crippen molar-refractivity contribution in [3.05, 3.63) is 30.4 Å². The predicted octanol–water partition coefficient (Wildman–Crippen LogP) is 0.663. The van der Waals surface area contributed by atoms with Gasteiger partial charge in [0.25, 0.3) is 5.91 Å². The van der Waals surface area contributed by atoms with Crippen LogP contribution in [-0.2, 0) is 14.3 Å². The van der Waals surface area contributed by atoms with Gasteiger partial charge in [-0.15, -0.1) is 0 Å². The zero-order chi connectivity index (χ0) is 20.3. The molecule has 0 saturated carbocycles. The first-order chi connectivity index (χ1) is 13.2. The Hall–Kier alpha value is -3.04. The van der Waals surface area contributed by atoms with E-state index in [1.807, 2.05) is 0 Å². The normalized spacial score (nSPS) is 22.6. The Bertz CT molecular complexity index is 768. The molecule has 152 valence electrons. The van der Waals surface area contributed by atoms with Crippen molar-refractivity contribution in [3.8, 4) is 0 Å². The van der Waals surface area contributed by atoms with Crippen LogP contribution in [0.2, 0.25) is 0 Å². The van der Waals surface area contributed by atoms with Crippen LogP contribution < -0.4 is 16.0 Å². The van der Waals surface area contributed by atoms with E-state index in [1.165, 1.54) is 6.20 Å². The van der Waals surface area contributed by atoms with E-state index < -0.39 is 29.8 Å². The van der Waals surface area contributed by atoms with E-state index in [1.54, 1.807) is 48.8 Å². The molecule has 10 nitrogen and oxygen atoms in total. The van der Waals surface area contributed by atoms with Crippen LogP contribution in [-0.4, -0.2) is 51.3 Å². The fourth-order valence-electron chi connectivity index (χ4n) is 3.06. The number of rotatable bonds is 3. The van der Waals surface area contributed by atoms with Gasteiger partial charge in [-0.2, -0.15) is 5.10 Å². The van der Waals surface area contributed by atoms with Gasteiger partial charge in [0.05, 0.1) is 5.92 Å². The lowest BCUT2D eigenvalue weighted by atomic mass is 9.97. The van der Waals surface area contributed by atoms with Gasteiger partial charge in [-0.1, -0.05) is 0 Å². The number of ether oxygens (including phenoxy) is 1. The molecule has 0 bridgehead atoms. The molecule has 1 aromatic rings. The molecule has 2 aliphatic rings. The molecule has 2 atom stereocenters. The van der Waals surface area contributed by atoms with Crippen molar-refractivity contribution in [2.75, 3.05) is 13.1 Å². The lowest BCUT2D eigenvalue weighted by molar-refractivity contribution is -0.128. The first-order valence-corrected chi connectivity index (χ1v) is 9.28. The summed E-state index contributed by atoms with van der Waals surface area (Å²) in [5.41, 5.74) is -0.462. The molecule has 0 aliphatic carbocycles. The highest BCUT2D eigenvalue weighted by atomic mass is 16.6. The molecule has 3 heterocycles. The molecule has 2 aliphatic heterocycles. The number of aromatic nitrogens is 2. The van der Waals surface area contributed by atoms with Crippen molar-refractivity contribution >= 4 is 17.9 Å². The van der Waals surface area contributed by atoms with Crippen molar-refractivity contribution in [3.63, 3.8) is 0 Å². The van der Waals surface area contributed by atoms with Gasteiger partial charge < -0.3 is 25.6 Å². The highest BCUT2D eigenvalue weighted by Gasteiger charge is 2.32. The lowest BCUT2D eigenvalue weighted by Gasteiger charge is -2.33. The largest absolute Gasteiger partial charge is 0.444 e. The molecule has 1 saturated heterocycles. The molecule has 3 amide bonds. The Kier molecular flexibility index (Phi) is 5.57. The predicted molar refractivity (Wildman–Crippen MR) is 99.3 cm³/mol. The Balaban J connectivity index is 1.57. The summed E-state index contributed by atoms with van der Waals surface area (Å²) in [6.45, 7) is 6.22. The number of nitrogens with one attached hydrogen (secondary N) is 3. The van der Waals surface area contributed by atoms with Gasteiger partial charge in [0.1, 0.15) is 11.3 Å². The van der Waals surface area contributed by atoms with Crippen molar-refractivity contribution in [1.82, 2.24) is 30.6 Å². The highest BCUT2D eigenvalue weighted by molar-refractivity contribution is 5.98. The van der Waals surface area contributed by atoms with Gasteiger partial charge in [-0.05, 0) is 39.7 Å². The Morgan fingerprint density at radius 1 is 1.36 bits per heavy atom. The number of hydrogen-bond acceptors (Lipinski definition) is 6. The number of amides is 3. The second-order valence-electron chi connectivity index (χ2n) is 7.84. The highest BCUT2D eigenvalue weighted by Crippen LogP contribution is 2.20. The summed E-state index contributed by atoms with van der Waals surface area (Å²) in [5.74, 6) is -1.11. The fraction of sp³-hybridized carbons (Fsp3) is 0.556. The first kappa shape index (κ1) is 19.7. The maximum atomic E-state index is 12.6. The van der Waals surface area contributed by atoms with Crippen LogP contribution >= 0.6 is 0 Å². The molecule has 0 spiro atoms. The van der Waals surface area contributed by atoms with Crippen molar-refractivity contribution < 1.29 is 19.1 Å². The second-order valence-corrected chi connectivity index (χ2v) is 7.84. The molecular formula is C18H26N6O4. The van der Waals surface area contributed by atoms with E-state index in [0.717, 1.165) is 0 Å². The fourth-order valence-corrected chi connectivity index (χ4v) is 3.06. The van der Waals surface area contributed by atoms with Gasteiger partial charge in [0, 0.05) is 31.7 Å². The average molecular weight is 390 g/mol. The van der Waals surface area contributed by atoms with Gasteiger partial charge in [-0.25, -0.2) is 9.48 Å². The third-order valence-electron chi connectivity index (χ3n) is 4.39. The van der Waals surface area contributed by atoms with E-state index in [9.17, 15) is 14.4 Å². The molecule has 1 fully saturated rings. The third-order valence-corrected chi connectivity index (χ3v) is 4.39. The van der Waals surface area contributed by atoms with Gasteiger partial charge in [0.15, 0.2) is 6.29 Å². The van der Waals surface area contributed by atoms with Crippen molar-refractivity contribution in [2.24, 2.45) is 5.92 Å². The van der Waals surface area contributed by atoms with Crippen LogP contribution in [0.1, 0.15) is 39.9 Å². The molecule has 3 N–H and O–H groups in total. The first-order valence-electron chi connectivity index (χ1n) is 9.28. The molecule has 0 aromatic carbocycles. The molecule has 1 aromatic heterocycles. The SMILES string of the molecule is CC(C)(C)OC(=O)N1CCCC(C(=O)NC2=CNC(n3cccn3)NC2=O)C1. The Labute approximate surface area is 163 Å². The summed E-state index contributed by atoms with van der Waals surface area (Å²) in [6, 6.07) is 1.74. The van der Waals surface area contributed by atoms with E-state index in [0.29, 0.717) is 19.4 Å². The third kappa shape index (κ3) is 4.81. The van der Waals surface area contributed by atoms with Gasteiger partial charge in [-0.3, -0.25) is 9.59 Å². The second kappa shape index (κ2) is 7.91. The van der Waals surface area contributed by atoms with E-state index in [2.05, 4.69) is 21.0 Å². The monoisotopic (exact) mass is 390 g/mol. The summed E-state index contributed by atoms with van der Waals surface area (Å²) in [6.07, 6.45) is 5.17. The summed E-state index contributed by atoms with van der Waals surface area (Å²) in [4.78, 5) is 38.7. The average Bonchev–Trinajstić information content (AvgIpc) is 3.17. The van der Waals surface area contributed by atoms with Crippen LogP contribution in [0.3, 0.4) is 0 Å². The minimum Gasteiger partial charge on any atom is -0.444 e. The quantitative estimate of drug-likeness (QED) is 0.698. The molecule has 28 heavy (non-hydrogen) atoms. The number of likely N-dealkylation sites (tertiary alicyclic amines) is 1. The Morgan fingerprint density at radius 3 is 2.79 bits per heavy atom. The zero-order valence-electron chi connectivity index (χ0n) is 16.3. The number of piperidine rings is 1. The van der Waals surface area contributed by atoms with Crippen molar-refractivity contribution in [2.45, 2.75) is 45.5 Å². The number of carbonyl (C=O) groups excluding carboxylic acids is 3. The Morgan fingerprint density at radius 2 is 2.14 bits per heavy atom. The molecule has 10 heteroatoms. The number of nitrogens with zero attached hydrogens (tertiary/aromatic N) is 3. The zero-order valence-corrected chi connectivity index (χ0v) is 16.3. The molecule has 3 rings (SSSR count). The van der Waals surface area contributed by atoms with Crippen LogP contribution in [0, 0.1) is 5.92 Å². The van der Waals surface area contributed by atoms with Crippen LogP contribution in [0.25, 0.3) is 0 Å². The minimum atomic E-state index is -0.589. The standard InChI is InChI=1S/C18H26N6O4/c1-18(2,3)28-17(27)23-8-4-6-12(11-23)14(25)21-13-10-19-16(22-15(13)26)24-9-5-7-20-24/h5,7,9-10,12,16,19H,4,6,8,11H2,1-3H3,(H,21,25)(H,22,26). The number of carbonyl (C=O) groups is 3. The maximum Gasteiger partial charge on any atom is 0.410 e. The summed E-state index contributed by atoms with van der Waals surface area (Å²) in [7, 11) is 0. The molecular weight excluding hydrogens is 364 g/mol. The minimum absolute atomic E-state index is 0.128. The van der Waals surface area contributed by atoms with E-state index in [4.69, 9.17) is 4.74 Å². The summed E-state index contributed by atoms with van der Waals surface area (Å²) < 4.78 is 6.93. The van der Waals surface area contributed by atoms with Crippen LogP contribution in [0.4, 0.5) is 4.79 Å². The van der Waals surface area contributed by atoms with E-state index >= 15 is 0 Å². The smallest absolute Gasteiger partial charge is 0.410 e. The molecule has 0 radical (unpaired) electrons. The van der Waals surface area contributed by atoms with Crippen LogP contribution in [0.15, 0.2) is 30.4 Å². The van der Waals surface area contributed by atoms with Crippen molar-refractivity contribution in [1.29, 1.82) is 0 Å². The maximum absolute atomic E-state index is 12.6. The number of hydrogen-bond donors (Lipinski definition) is 3. The van der Waals surface area contributed by atoms with Gasteiger partial charge >= 0.3 is 6.09 Å². The molecule has 2 unspecified atom stereocenters.